The maximum atomic E-state index is 11.9. The van der Waals surface area contributed by atoms with Crippen LogP contribution in [-0.2, 0) is 0 Å². The van der Waals surface area contributed by atoms with Crippen molar-refractivity contribution in [1.82, 2.24) is 15.2 Å². The molecule has 4 nitrogen and oxygen atoms in total. The molecule has 0 bridgehead atoms. The van der Waals surface area contributed by atoms with Gasteiger partial charge in [0.1, 0.15) is 5.69 Å². The Morgan fingerprint density at radius 3 is 3.19 bits per heavy atom. The molecule has 0 radical (unpaired) electrons. The van der Waals surface area contributed by atoms with E-state index < -0.39 is 0 Å². The Morgan fingerprint density at radius 1 is 1.69 bits per heavy atom. The van der Waals surface area contributed by atoms with Crippen molar-refractivity contribution in [2.24, 2.45) is 0 Å². The minimum absolute atomic E-state index is 0.0219. The van der Waals surface area contributed by atoms with Gasteiger partial charge in [-0.3, -0.25) is 4.79 Å². The normalized spacial score (nSPS) is 20.7. The molecule has 0 aliphatic carbocycles. The highest BCUT2D eigenvalue weighted by molar-refractivity contribution is 7.07. The SMILES string of the molecule is CN(CC1CCCCN1)C(=O)c1cscn1. The lowest BCUT2D eigenvalue weighted by Crippen LogP contribution is -2.44. The van der Waals surface area contributed by atoms with Gasteiger partial charge >= 0.3 is 0 Å². The van der Waals surface area contributed by atoms with E-state index in [2.05, 4.69) is 10.3 Å². The molecule has 88 valence electrons. The highest BCUT2D eigenvalue weighted by atomic mass is 32.1. The zero-order valence-corrected chi connectivity index (χ0v) is 10.3. The summed E-state index contributed by atoms with van der Waals surface area (Å²) >= 11 is 1.46. The highest BCUT2D eigenvalue weighted by Gasteiger charge is 2.19. The van der Waals surface area contributed by atoms with Gasteiger partial charge in [-0.25, -0.2) is 4.98 Å². The maximum Gasteiger partial charge on any atom is 0.273 e. The fraction of sp³-hybridized carbons (Fsp3) is 0.636. The monoisotopic (exact) mass is 239 g/mol. The van der Waals surface area contributed by atoms with Crippen molar-refractivity contribution in [1.29, 1.82) is 0 Å². The van der Waals surface area contributed by atoms with Crippen LogP contribution in [0.15, 0.2) is 10.9 Å². The van der Waals surface area contributed by atoms with E-state index in [-0.39, 0.29) is 5.91 Å². The third kappa shape index (κ3) is 2.80. The number of amides is 1. The van der Waals surface area contributed by atoms with Crippen LogP contribution in [0.2, 0.25) is 0 Å². The van der Waals surface area contributed by atoms with E-state index in [1.165, 1.54) is 24.2 Å². The van der Waals surface area contributed by atoms with Crippen LogP contribution in [0.1, 0.15) is 29.8 Å². The molecule has 0 spiro atoms. The molecule has 1 saturated heterocycles. The Bertz CT molecular complexity index is 333. The van der Waals surface area contributed by atoms with Crippen LogP contribution in [0.3, 0.4) is 0 Å². The molecule has 1 atom stereocenters. The molecule has 1 aliphatic rings. The Kier molecular flexibility index (Phi) is 3.90. The Labute approximate surface area is 99.7 Å². The van der Waals surface area contributed by atoms with Gasteiger partial charge in [-0.1, -0.05) is 6.42 Å². The number of nitrogens with one attached hydrogen (secondary N) is 1. The van der Waals surface area contributed by atoms with Crippen molar-refractivity contribution >= 4 is 17.2 Å². The maximum absolute atomic E-state index is 11.9. The summed E-state index contributed by atoms with van der Waals surface area (Å²) in [5, 5.41) is 5.24. The number of carbonyl (C=O) groups excluding carboxylic acids is 1. The van der Waals surface area contributed by atoms with Gasteiger partial charge in [-0.2, -0.15) is 0 Å². The molecule has 0 aromatic carbocycles. The zero-order valence-electron chi connectivity index (χ0n) is 9.48. The van der Waals surface area contributed by atoms with Crippen molar-refractivity contribution in [3.8, 4) is 0 Å². The molecule has 0 saturated carbocycles. The smallest absolute Gasteiger partial charge is 0.273 e. The number of carbonyl (C=O) groups is 1. The number of aromatic nitrogens is 1. The topological polar surface area (TPSA) is 45.2 Å². The minimum Gasteiger partial charge on any atom is -0.339 e. The summed E-state index contributed by atoms with van der Waals surface area (Å²) < 4.78 is 0. The quantitative estimate of drug-likeness (QED) is 0.866. The molecular weight excluding hydrogens is 222 g/mol. The number of thiazole rings is 1. The van der Waals surface area contributed by atoms with E-state index >= 15 is 0 Å². The second kappa shape index (κ2) is 5.41. The molecule has 5 heteroatoms. The van der Waals surface area contributed by atoms with Crippen molar-refractivity contribution in [2.75, 3.05) is 20.1 Å². The molecule has 1 unspecified atom stereocenters. The molecule has 2 heterocycles. The van der Waals surface area contributed by atoms with Crippen molar-refractivity contribution in [3.05, 3.63) is 16.6 Å². The molecule has 16 heavy (non-hydrogen) atoms. The predicted octanol–water partition coefficient (Wildman–Crippen LogP) is 1.36. The third-order valence-electron chi connectivity index (χ3n) is 2.90. The highest BCUT2D eigenvalue weighted by Crippen LogP contribution is 2.10. The number of piperidine rings is 1. The van der Waals surface area contributed by atoms with Crippen LogP contribution in [0.5, 0.6) is 0 Å². The van der Waals surface area contributed by atoms with Gasteiger partial charge in [0.05, 0.1) is 5.51 Å². The van der Waals surface area contributed by atoms with Crippen LogP contribution < -0.4 is 5.32 Å². The second-order valence-corrected chi connectivity index (χ2v) is 4.92. The standard InChI is InChI=1S/C11H17N3OS/c1-14(6-9-4-2-3-5-12-9)11(15)10-7-16-8-13-10/h7-9,12H,2-6H2,1H3. The molecule has 1 amide bonds. The van der Waals surface area contributed by atoms with E-state index in [4.69, 9.17) is 0 Å². The lowest BCUT2D eigenvalue weighted by molar-refractivity contribution is 0.0770. The van der Waals surface area contributed by atoms with Gasteiger partial charge in [-0.15, -0.1) is 11.3 Å². The summed E-state index contributed by atoms with van der Waals surface area (Å²) in [6.07, 6.45) is 3.67. The average Bonchev–Trinajstić information content (AvgIpc) is 2.83. The van der Waals surface area contributed by atoms with E-state index in [0.29, 0.717) is 11.7 Å². The van der Waals surface area contributed by atoms with Crippen LogP contribution in [0.4, 0.5) is 0 Å². The van der Waals surface area contributed by atoms with E-state index in [1.54, 1.807) is 15.8 Å². The van der Waals surface area contributed by atoms with E-state index in [0.717, 1.165) is 19.5 Å². The molecular formula is C11H17N3OS. The number of likely N-dealkylation sites (N-methyl/N-ethyl adjacent to an activating group) is 1. The summed E-state index contributed by atoms with van der Waals surface area (Å²) in [5.74, 6) is 0.0219. The summed E-state index contributed by atoms with van der Waals surface area (Å²) in [5.41, 5.74) is 2.25. The van der Waals surface area contributed by atoms with Gasteiger partial charge in [0, 0.05) is 25.0 Å². The second-order valence-electron chi connectivity index (χ2n) is 4.21. The predicted molar refractivity (Wildman–Crippen MR) is 64.7 cm³/mol. The molecule has 1 fully saturated rings. The van der Waals surface area contributed by atoms with E-state index in [1.807, 2.05) is 7.05 Å². The van der Waals surface area contributed by atoms with Crippen LogP contribution >= 0.6 is 11.3 Å². The van der Waals surface area contributed by atoms with Crippen LogP contribution in [0.25, 0.3) is 0 Å². The first-order valence-electron chi connectivity index (χ1n) is 5.64. The number of nitrogens with zero attached hydrogens (tertiary/aromatic N) is 2. The summed E-state index contributed by atoms with van der Waals surface area (Å²) in [6, 6.07) is 0.446. The summed E-state index contributed by atoms with van der Waals surface area (Å²) in [6.45, 7) is 1.85. The number of hydrogen-bond acceptors (Lipinski definition) is 4. The van der Waals surface area contributed by atoms with Crippen molar-refractivity contribution in [2.45, 2.75) is 25.3 Å². The molecule has 1 aromatic rings. The molecule has 1 aliphatic heterocycles. The number of hydrogen-bond donors (Lipinski definition) is 1. The first-order chi connectivity index (χ1) is 7.77. The minimum atomic E-state index is 0.0219. The summed E-state index contributed by atoms with van der Waals surface area (Å²) in [7, 11) is 1.85. The van der Waals surface area contributed by atoms with Gasteiger partial charge in [0.15, 0.2) is 0 Å². The lowest BCUT2D eigenvalue weighted by atomic mass is 10.0. The lowest BCUT2D eigenvalue weighted by Gasteiger charge is -2.27. The number of rotatable bonds is 3. The van der Waals surface area contributed by atoms with Gasteiger partial charge in [0.25, 0.3) is 5.91 Å². The Balaban J connectivity index is 1.87. The third-order valence-corrected chi connectivity index (χ3v) is 3.49. The van der Waals surface area contributed by atoms with Crippen LogP contribution in [0, 0.1) is 0 Å². The molecule has 2 rings (SSSR count). The molecule has 1 aromatic heterocycles. The van der Waals surface area contributed by atoms with E-state index in [9.17, 15) is 4.79 Å². The fourth-order valence-corrected chi connectivity index (χ4v) is 2.53. The Hall–Kier alpha value is -0.940. The van der Waals surface area contributed by atoms with Gasteiger partial charge < -0.3 is 10.2 Å². The Morgan fingerprint density at radius 2 is 2.56 bits per heavy atom. The summed E-state index contributed by atoms with van der Waals surface area (Å²) in [4.78, 5) is 17.7. The van der Waals surface area contributed by atoms with Crippen molar-refractivity contribution in [3.63, 3.8) is 0 Å². The largest absolute Gasteiger partial charge is 0.339 e. The van der Waals surface area contributed by atoms with Gasteiger partial charge in [-0.05, 0) is 19.4 Å². The van der Waals surface area contributed by atoms with Gasteiger partial charge in [0.2, 0.25) is 0 Å². The average molecular weight is 239 g/mol. The molecule has 1 N–H and O–H groups in total. The van der Waals surface area contributed by atoms with Crippen LogP contribution in [-0.4, -0.2) is 42.0 Å². The zero-order chi connectivity index (χ0) is 11.4. The first kappa shape index (κ1) is 11.5. The first-order valence-corrected chi connectivity index (χ1v) is 6.58. The van der Waals surface area contributed by atoms with Crippen molar-refractivity contribution < 1.29 is 4.79 Å². The fourth-order valence-electron chi connectivity index (χ4n) is 2.01.